The van der Waals surface area contributed by atoms with Crippen LogP contribution in [0.1, 0.15) is 19.3 Å². The molecule has 0 aromatic heterocycles. The van der Waals surface area contributed by atoms with Crippen molar-refractivity contribution in [2.24, 2.45) is 0 Å². The number of rotatable bonds is 4. The molecule has 5 heteroatoms. The normalized spacial score (nSPS) is 27.8. The summed E-state index contributed by atoms with van der Waals surface area (Å²) >= 11 is 2.22. The van der Waals surface area contributed by atoms with Crippen LogP contribution < -0.4 is 0 Å². The van der Waals surface area contributed by atoms with Gasteiger partial charge in [0.2, 0.25) is 0 Å². The third-order valence-corrected chi connectivity index (χ3v) is 5.68. The second-order valence-corrected chi connectivity index (χ2v) is 6.67. The lowest BCUT2D eigenvalue weighted by Gasteiger charge is -2.27. The Labute approximate surface area is 104 Å². The molecular weight excluding hydrogens is 218 g/mol. The average Bonchev–Trinajstić information content (AvgIpc) is 2.78. The zero-order chi connectivity index (χ0) is 11.4. The molecule has 0 aliphatic carbocycles. The quantitative estimate of drug-likeness (QED) is 0.704. The topological polar surface area (TPSA) is 18.5 Å². The van der Waals surface area contributed by atoms with Gasteiger partial charge in [0.25, 0.3) is 13.8 Å². The van der Waals surface area contributed by atoms with E-state index < -0.39 is 0 Å². The van der Waals surface area contributed by atoms with Crippen LogP contribution in [0.2, 0.25) is 25.3 Å². The summed E-state index contributed by atoms with van der Waals surface area (Å²) in [5.74, 6) is 0. The van der Waals surface area contributed by atoms with Gasteiger partial charge in [-0.2, -0.15) is 11.8 Å². The van der Waals surface area contributed by atoms with E-state index in [1.165, 1.54) is 44.5 Å². The summed E-state index contributed by atoms with van der Waals surface area (Å²) in [4.78, 5) is 0. The van der Waals surface area contributed by atoms with E-state index in [4.69, 9.17) is 9.31 Å². The first-order valence-electron chi connectivity index (χ1n) is 6.53. The van der Waals surface area contributed by atoms with Crippen molar-refractivity contribution in [3.63, 3.8) is 0 Å². The highest BCUT2D eigenvalue weighted by atomic mass is 32.2. The summed E-state index contributed by atoms with van der Waals surface area (Å²) < 4.78 is 10.8. The van der Waals surface area contributed by atoms with E-state index in [2.05, 4.69) is 11.8 Å². The highest BCUT2D eigenvalue weighted by Crippen LogP contribution is 2.38. The number of hydrogen-bond donors (Lipinski definition) is 0. The molecule has 0 aromatic carbocycles. The van der Waals surface area contributed by atoms with E-state index in [1.807, 2.05) is 14.2 Å². The minimum atomic E-state index is 0.534. The summed E-state index contributed by atoms with van der Waals surface area (Å²) in [5.41, 5.74) is 0. The minimum Gasteiger partial charge on any atom is -0.438 e. The Morgan fingerprint density at radius 3 is 2.00 bits per heavy atom. The Bertz CT molecular complexity index is 210. The molecule has 90 valence electrons. The minimum absolute atomic E-state index is 0.534. The van der Waals surface area contributed by atoms with Crippen LogP contribution in [0.5, 0.6) is 0 Å². The van der Waals surface area contributed by atoms with Crippen molar-refractivity contribution in [1.82, 2.24) is 0 Å². The molecule has 2 saturated heterocycles. The van der Waals surface area contributed by atoms with Gasteiger partial charge >= 0.3 is 0 Å². The summed E-state index contributed by atoms with van der Waals surface area (Å²) in [7, 11) is 3.69. The van der Waals surface area contributed by atoms with Gasteiger partial charge in [0.1, 0.15) is 0 Å². The molecule has 2 aliphatic heterocycles. The summed E-state index contributed by atoms with van der Waals surface area (Å²) in [6.07, 6.45) is 9.10. The first-order chi connectivity index (χ1) is 7.81. The van der Waals surface area contributed by atoms with Crippen molar-refractivity contribution in [3.8, 4) is 0 Å². The maximum absolute atomic E-state index is 5.43. The standard InChI is InChI=1S/C11H22B2O2S/c1-14-12-6-3-10(4-7-12)16-11-5-8-13(9-11)15-2/h10-11H,3-9H2,1-2H3. The monoisotopic (exact) mass is 240 g/mol. The average molecular weight is 240 g/mol. The van der Waals surface area contributed by atoms with Crippen LogP contribution in [-0.4, -0.2) is 38.6 Å². The fourth-order valence-electron chi connectivity index (χ4n) is 2.91. The maximum Gasteiger partial charge on any atom is 0.293 e. The van der Waals surface area contributed by atoms with Gasteiger partial charge in [-0.05, 0) is 44.5 Å². The second-order valence-electron chi connectivity index (χ2n) is 5.06. The lowest BCUT2D eigenvalue weighted by molar-refractivity contribution is 0.406. The maximum atomic E-state index is 5.43. The second kappa shape index (κ2) is 6.36. The molecule has 0 radical (unpaired) electrons. The summed E-state index contributed by atoms with van der Waals surface area (Å²) in [6, 6.07) is 0. The van der Waals surface area contributed by atoms with Crippen LogP contribution in [0, 0.1) is 0 Å². The van der Waals surface area contributed by atoms with Crippen LogP contribution in [0.3, 0.4) is 0 Å². The Kier molecular flexibility index (Phi) is 5.11. The van der Waals surface area contributed by atoms with Crippen molar-refractivity contribution in [3.05, 3.63) is 0 Å². The van der Waals surface area contributed by atoms with E-state index in [9.17, 15) is 0 Å². The molecule has 1 unspecified atom stereocenters. The highest BCUT2D eigenvalue weighted by molar-refractivity contribution is 8.00. The van der Waals surface area contributed by atoms with Gasteiger partial charge in [-0.3, -0.25) is 0 Å². The van der Waals surface area contributed by atoms with Crippen molar-refractivity contribution < 1.29 is 9.31 Å². The third-order valence-electron chi connectivity index (χ3n) is 4.01. The Morgan fingerprint density at radius 2 is 1.44 bits per heavy atom. The van der Waals surface area contributed by atoms with Crippen molar-refractivity contribution in [1.29, 1.82) is 0 Å². The fourth-order valence-corrected chi connectivity index (χ4v) is 4.60. The molecule has 2 nitrogen and oxygen atoms in total. The van der Waals surface area contributed by atoms with Crippen molar-refractivity contribution in [2.45, 2.75) is 55.0 Å². The number of thioether (sulfide) groups is 1. The van der Waals surface area contributed by atoms with Crippen LogP contribution in [0.4, 0.5) is 0 Å². The van der Waals surface area contributed by atoms with E-state index in [1.54, 1.807) is 0 Å². The molecule has 0 bridgehead atoms. The first kappa shape index (κ1) is 12.8. The lowest BCUT2D eigenvalue weighted by atomic mass is 9.56. The molecule has 2 aliphatic rings. The van der Waals surface area contributed by atoms with E-state index in [0.29, 0.717) is 13.8 Å². The van der Waals surface area contributed by atoms with Crippen LogP contribution in [0.15, 0.2) is 0 Å². The van der Waals surface area contributed by atoms with Gasteiger partial charge in [-0.15, -0.1) is 0 Å². The largest absolute Gasteiger partial charge is 0.438 e. The molecule has 1 atom stereocenters. The molecule has 0 aromatic rings. The van der Waals surface area contributed by atoms with E-state index in [-0.39, 0.29) is 0 Å². The van der Waals surface area contributed by atoms with Crippen molar-refractivity contribution in [2.75, 3.05) is 14.2 Å². The zero-order valence-electron chi connectivity index (χ0n) is 10.5. The van der Waals surface area contributed by atoms with E-state index in [0.717, 1.165) is 10.5 Å². The van der Waals surface area contributed by atoms with Crippen LogP contribution >= 0.6 is 11.8 Å². The molecule has 2 heterocycles. The molecule has 0 spiro atoms. The predicted molar refractivity (Wildman–Crippen MR) is 73.8 cm³/mol. The molecular formula is C11H22B2O2S. The van der Waals surface area contributed by atoms with Crippen LogP contribution in [-0.2, 0) is 9.31 Å². The fraction of sp³-hybridized carbons (Fsp3) is 1.00. The molecule has 2 rings (SSSR count). The smallest absolute Gasteiger partial charge is 0.293 e. The SMILES string of the molecule is COB1CCC(SC2CCB(OC)C2)CC1. The Hall–Kier alpha value is 0.400. The number of hydrogen-bond acceptors (Lipinski definition) is 3. The molecule has 2 fully saturated rings. The van der Waals surface area contributed by atoms with E-state index >= 15 is 0 Å². The lowest BCUT2D eigenvalue weighted by Crippen LogP contribution is -2.25. The Morgan fingerprint density at radius 1 is 0.875 bits per heavy atom. The van der Waals surface area contributed by atoms with Gasteiger partial charge in [-0.25, -0.2) is 0 Å². The third kappa shape index (κ3) is 3.44. The summed E-state index contributed by atoms with van der Waals surface area (Å²) in [5, 5.41) is 1.74. The van der Waals surface area contributed by atoms with Crippen molar-refractivity contribution >= 4 is 25.6 Å². The van der Waals surface area contributed by atoms with Gasteiger partial charge < -0.3 is 9.31 Å². The summed E-state index contributed by atoms with van der Waals surface area (Å²) in [6.45, 7) is 1.07. The van der Waals surface area contributed by atoms with Gasteiger partial charge in [0, 0.05) is 24.7 Å². The van der Waals surface area contributed by atoms with Gasteiger partial charge in [0.15, 0.2) is 0 Å². The van der Waals surface area contributed by atoms with Gasteiger partial charge in [0.05, 0.1) is 0 Å². The van der Waals surface area contributed by atoms with Gasteiger partial charge in [-0.1, -0.05) is 0 Å². The zero-order valence-corrected chi connectivity index (χ0v) is 11.3. The molecule has 0 saturated carbocycles. The van der Waals surface area contributed by atoms with Crippen LogP contribution in [0.25, 0.3) is 0 Å². The predicted octanol–water partition coefficient (Wildman–Crippen LogP) is 2.93. The molecule has 0 N–H and O–H groups in total. The highest BCUT2D eigenvalue weighted by Gasteiger charge is 2.32. The molecule has 16 heavy (non-hydrogen) atoms. The Balaban J connectivity index is 1.67. The molecule has 0 amide bonds. The first-order valence-corrected chi connectivity index (χ1v) is 7.47.